The van der Waals surface area contributed by atoms with E-state index in [0.717, 1.165) is 81.3 Å². The Bertz CT molecular complexity index is 2250. The summed E-state index contributed by atoms with van der Waals surface area (Å²) in [6.07, 6.45) is 30.9. The van der Waals surface area contributed by atoms with Gasteiger partial charge in [0, 0.05) is 73.0 Å². The molecule has 0 saturated heterocycles. The quantitative estimate of drug-likeness (QED) is 0.0170. The van der Waals surface area contributed by atoms with Crippen molar-refractivity contribution in [2.75, 3.05) is 68.1 Å². The number of halogens is 1. The van der Waals surface area contributed by atoms with Crippen LogP contribution in [-0.4, -0.2) is 100 Å². The molecule has 4 aromatic rings. The fourth-order valence-corrected chi connectivity index (χ4v) is 8.23. The number of H-pyrrole nitrogens is 1. The highest BCUT2D eigenvalue weighted by atomic mass is 33.1. The van der Waals surface area contributed by atoms with Crippen LogP contribution in [0.2, 0.25) is 0 Å². The lowest BCUT2D eigenvalue weighted by molar-refractivity contribution is -0.121. The van der Waals surface area contributed by atoms with Gasteiger partial charge < -0.3 is 35.6 Å². The maximum Gasteiger partial charge on any atom is 0.407 e. The number of nitrogens with zero attached hydrogens (tertiary/aromatic N) is 4. The van der Waals surface area contributed by atoms with Gasteiger partial charge in [0.05, 0.1) is 18.5 Å². The number of amides is 3. The number of allylic oxidation sites excluding steroid dienone is 10. The summed E-state index contributed by atoms with van der Waals surface area (Å²) in [6.45, 7) is 8.33. The minimum atomic E-state index is -0.429. The fraction of sp³-hybridized carbons (Fsp3) is 0.412. The van der Waals surface area contributed by atoms with Crippen LogP contribution in [0, 0.1) is 5.82 Å². The third-order valence-electron chi connectivity index (χ3n) is 9.90. The lowest BCUT2D eigenvalue weighted by Gasteiger charge is -2.20. The maximum absolute atomic E-state index is 13.5. The van der Waals surface area contributed by atoms with Crippen molar-refractivity contribution in [2.24, 2.45) is 0 Å². The molecule has 5 N–H and O–H groups in total. The first kappa shape index (κ1) is 54.7. The number of benzene rings is 2. The van der Waals surface area contributed by atoms with Gasteiger partial charge in [-0.1, -0.05) is 102 Å². The molecule has 0 aliphatic carbocycles. The van der Waals surface area contributed by atoms with Crippen LogP contribution in [0.3, 0.4) is 0 Å². The van der Waals surface area contributed by atoms with Gasteiger partial charge in [-0.2, -0.15) is 5.10 Å². The number of nitrogens with one attached hydrogen (secondary N) is 5. The number of ether oxygens (including phenoxy) is 2. The van der Waals surface area contributed by atoms with E-state index in [9.17, 15) is 18.8 Å². The molecule has 2 aromatic carbocycles. The summed E-state index contributed by atoms with van der Waals surface area (Å²) in [5, 5.41) is 19.5. The summed E-state index contributed by atoms with van der Waals surface area (Å²) >= 11 is 0. The zero-order valence-electron chi connectivity index (χ0n) is 39.4. The Balaban J connectivity index is 0.962. The Morgan fingerprint density at radius 2 is 1.50 bits per heavy atom. The minimum absolute atomic E-state index is 0.0260. The van der Waals surface area contributed by atoms with Gasteiger partial charge in [0.1, 0.15) is 30.3 Å². The van der Waals surface area contributed by atoms with Crippen LogP contribution < -0.4 is 26.0 Å². The molecule has 17 heteroatoms. The van der Waals surface area contributed by atoms with E-state index in [1.165, 1.54) is 24.5 Å². The number of aromatic nitrogens is 4. The SMILES string of the molecule is CC/C=C\C/C=C\C/C=C\C/C=C\C/C=C\CCCC(=O)NCCSSCCNC(=O)OCCN(CC)CCCOc1ccc2c(Nc3cc(CC(=O)Nc4cccc(F)c4)[nH]n3)ncnc2c1. The lowest BCUT2D eigenvalue weighted by Crippen LogP contribution is -2.32. The number of fused-ring (bicyclic) bond motifs is 1. The third kappa shape index (κ3) is 24.2. The van der Waals surface area contributed by atoms with E-state index in [-0.39, 0.29) is 24.8 Å². The molecule has 0 saturated carbocycles. The van der Waals surface area contributed by atoms with E-state index in [1.807, 2.05) is 18.2 Å². The van der Waals surface area contributed by atoms with E-state index in [1.54, 1.807) is 33.7 Å². The van der Waals surface area contributed by atoms with Crippen LogP contribution in [0.25, 0.3) is 10.9 Å². The highest BCUT2D eigenvalue weighted by Crippen LogP contribution is 2.26. The maximum atomic E-state index is 13.5. The van der Waals surface area contributed by atoms with Gasteiger partial charge in [0.2, 0.25) is 11.8 Å². The molecule has 2 heterocycles. The molecule has 0 radical (unpaired) electrons. The normalized spacial score (nSPS) is 11.8. The number of carbonyl (C=O) groups is 3. The highest BCUT2D eigenvalue weighted by Gasteiger charge is 2.12. The minimum Gasteiger partial charge on any atom is -0.493 e. The first-order valence-electron chi connectivity index (χ1n) is 23.5. The fourth-order valence-electron chi connectivity index (χ4n) is 6.42. The van der Waals surface area contributed by atoms with Crippen molar-refractivity contribution in [1.29, 1.82) is 0 Å². The van der Waals surface area contributed by atoms with Gasteiger partial charge in [-0.3, -0.25) is 14.7 Å². The Hall–Kier alpha value is -5.91. The van der Waals surface area contributed by atoms with E-state index in [4.69, 9.17) is 9.47 Å². The number of aromatic amines is 1. The first-order valence-corrected chi connectivity index (χ1v) is 25.9. The Morgan fingerprint density at radius 3 is 2.22 bits per heavy atom. The monoisotopic (exact) mass is 969 g/mol. The summed E-state index contributed by atoms with van der Waals surface area (Å²) in [7, 11) is 3.33. The van der Waals surface area contributed by atoms with Crippen LogP contribution in [-0.2, 0) is 20.7 Å². The molecule has 2 aromatic heterocycles. The zero-order chi connectivity index (χ0) is 48.3. The molecule has 3 amide bonds. The van der Waals surface area contributed by atoms with E-state index < -0.39 is 11.9 Å². The highest BCUT2D eigenvalue weighted by molar-refractivity contribution is 8.76. The van der Waals surface area contributed by atoms with Crippen molar-refractivity contribution in [3.05, 3.63) is 127 Å². The van der Waals surface area contributed by atoms with Crippen LogP contribution >= 0.6 is 21.6 Å². The standard InChI is InChI=1S/C51H68FN9O5S2/c1-3-5-6-7-8-9-10-11-12-13-14-15-16-17-18-19-20-25-48(62)53-28-34-67-68-35-29-54-51(64)66-33-31-61(4-2)30-22-32-65-44-26-27-45-46(39-44)55-40-56-50(45)58-47-37-43(59-60-47)38-49(63)57-42-24-21-23-41(52)36-42/h5-6,8-9,11-12,14-15,17-18,21,23-24,26-27,36-37,39-40H,3-4,7,10,13,16,19-20,22,25,28-35,38H2,1-2H3,(H,53,62)(H,54,64)(H,57,63)(H2,55,56,58,59,60)/b6-5-,9-8-,12-11-,15-14-,18-17-. The topological polar surface area (TPSA) is 175 Å². The molecule has 366 valence electrons. The van der Waals surface area contributed by atoms with Gasteiger partial charge in [-0.25, -0.2) is 19.2 Å². The number of rotatable bonds is 34. The summed E-state index contributed by atoms with van der Waals surface area (Å²) in [5.74, 6) is 2.58. The van der Waals surface area contributed by atoms with Crippen LogP contribution in [0.1, 0.15) is 77.3 Å². The molecule has 0 unspecified atom stereocenters. The first-order chi connectivity index (χ1) is 33.3. The van der Waals surface area contributed by atoms with Gasteiger partial charge in [-0.05, 0) is 88.2 Å². The molecule has 0 aliphatic heterocycles. The summed E-state index contributed by atoms with van der Waals surface area (Å²) in [4.78, 5) is 47.8. The largest absolute Gasteiger partial charge is 0.493 e. The lowest BCUT2D eigenvalue weighted by atomic mass is 10.2. The molecule has 68 heavy (non-hydrogen) atoms. The van der Waals surface area contributed by atoms with E-state index in [2.05, 4.69) is 121 Å². The van der Waals surface area contributed by atoms with Crippen molar-refractivity contribution in [3.63, 3.8) is 0 Å². The van der Waals surface area contributed by atoms with E-state index in [0.29, 0.717) is 66.9 Å². The summed E-state index contributed by atoms with van der Waals surface area (Å²) < 4.78 is 24.9. The van der Waals surface area contributed by atoms with Crippen molar-refractivity contribution in [2.45, 2.75) is 78.1 Å². The van der Waals surface area contributed by atoms with Crippen molar-refractivity contribution < 1.29 is 28.2 Å². The zero-order valence-corrected chi connectivity index (χ0v) is 41.1. The summed E-state index contributed by atoms with van der Waals surface area (Å²) in [5.41, 5.74) is 1.64. The Labute approximate surface area is 409 Å². The number of hydrogen-bond acceptors (Lipinski definition) is 12. The smallest absolute Gasteiger partial charge is 0.407 e. The molecule has 0 aliphatic rings. The number of hydrogen-bond donors (Lipinski definition) is 5. The molecule has 14 nitrogen and oxygen atoms in total. The molecule has 0 atom stereocenters. The third-order valence-corrected chi connectivity index (χ3v) is 12.3. The van der Waals surface area contributed by atoms with Gasteiger partial charge in [0.25, 0.3) is 0 Å². The van der Waals surface area contributed by atoms with Crippen molar-refractivity contribution >= 4 is 67.7 Å². The van der Waals surface area contributed by atoms with Gasteiger partial charge in [0.15, 0.2) is 5.82 Å². The molecule has 0 spiro atoms. The Kier molecular flexibility index (Phi) is 27.7. The number of anilines is 3. The number of likely N-dealkylation sites (N-methyl/N-ethyl adjacent to an activating group) is 1. The molecular formula is C51H68FN9O5S2. The predicted octanol–water partition coefficient (Wildman–Crippen LogP) is 10.7. The second-order valence-electron chi connectivity index (χ2n) is 15.3. The number of unbranched alkanes of at least 4 members (excludes halogenated alkanes) is 1. The van der Waals surface area contributed by atoms with Crippen molar-refractivity contribution in [3.8, 4) is 5.75 Å². The summed E-state index contributed by atoms with van der Waals surface area (Å²) in [6, 6.07) is 13.0. The Morgan fingerprint density at radius 1 is 0.779 bits per heavy atom. The van der Waals surface area contributed by atoms with Crippen LogP contribution in [0.15, 0.2) is 116 Å². The second kappa shape index (κ2) is 34.4. The van der Waals surface area contributed by atoms with E-state index >= 15 is 0 Å². The molecule has 0 bridgehead atoms. The molecule has 0 fully saturated rings. The molecule has 4 rings (SSSR count). The van der Waals surface area contributed by atoms with Gasteiger partial charge in [-0.15, -0.1) is 0 Å². The van der Waals surface area contributed by atoms with Gasteiger partial charge >= 0.3 is 6.09 Å². The van der Waals surface area contributed by atoms with Crippen LogP contribution in [0.5, 0.6) is 5.75 Å². The number of alkyl carbamates (subject to hydrolysis) is 1. The average Bonchev–Trinajstić information content (AvgIpc) is 3.77. The molecular weight excluding hydrogens is 902 g/mol. The average molecular weight is 970 g/mol. The second-order valence-corrected chi connectivity index (χ2v) is 18.0. The predicted molar refractivity (Wildman–Crippen MR) is 278 cm³/mol. The number of carbonyl (C=O) groups excluding carboxylic acids is 3. The van der Waals surface area contributed by atoms with Crippen molar-refractivity contribution in [1.82, 2.24) is 35.7 Å². The van der Waals surface area contributed by atoms with Crippen LogP contribution in [0.4, 0.5) is 26.5 Å².